The lowest BCUT2D eigenvalue weighted by Gasteiger charge is -2.30. The quantitative estimate of drug-likeness (QED) is 0.868. The number of benzene rings is 1. The van der Waals surface area contributed by atoms with Gasteiger partial charge < -0.3 is 5.73 Å². The standard InChI is InChI=1S/C17H28N2O/c1-12(2)11-19-17(6,15(18)20)14-9-7-13(8-10-14)16(3,4)5/h7-10,12,19H,11H2,1-6H3,(H2,18,20). The van der Waals surface area contributed by atoms with E-state index in [0.29, 0.717) is 5.92 Å². The lowest BCUT2D eigenvalue weighted by molar-refractivity contribution is -0.124. The van der Waals surface area contributed by atoms with Gasteiger partial charge in [0.2, 0.25) is 5.91 Å². The van der Waals surface area contributed by atoms with E-state index in [1.54, 1.807) is 0 Å². The molecule has 0 aromatic heterocycles. The summed E-state index contributed by atoms with van der Waals surface area (Å²) in [7, 11) is 0. The van der Waals surface area contributed by atoms with E-state index in [1.807, 2.05) is 19.1 Å². The average Bonchev–Trinajstić information content (AvgIpc) is 2.34. The Morgan fingerprint density at radius 2 is 1.55 bits per heavy atom. The zero-order valence-corrected chi connectivity index (χ0v) is 13.6. The lowest BCUT2D eigenvalue weighted by Crippen LogP contribution is -2.51. The van der Waals surface area contributed by atoms with Crippen molar-refractivity contribution < 1.29 is 4.79 Å². The molecule has 3 N–H and O–H groups in total. The molecule has 0 saturated heterocycles. The zero-order valence-electron chi connectivity index (χ0n) is 13.6. The average molecular weight is 276 g/mol. The van der Waals surface area contributed by atoms with Gasteiger partial charge in [0.1, 0.15) is 5.54 Å². The predicted octanol–water partition coefficient (Wildman–Crippen LogP) is 2.93. The van der Waals surface area contributed by atoms with Crippen LogP contribution in [0.15, 0.2) is 24.3 Å². The summed E-state index contributed by atoms with van der Waals surface area (Å²) in [6.07, 6.45) is 0. The first-order valence-corrected chi connectivity index (χ1v) is 7.23. The van der Waals surface area contributed by atoms with Gasteiger partial charge in [0.05, 0.1) is 0 Å². The van der Waals surface area contributed by atoms with Gasteiger partial charge in [-0.1, -0.05) is 58.9 Å². The van der Waals surface area contributed by atoms with Crippen LogP contribution >= 0.6 is 0 Å². The molecule has 0 aliphatic carbocycles. The first-order valence-electron chi connectivity index (χ1n) is 7.23. The van der Waals surface area contributed by atoms with Crippen LogP contribution in [0.2, 0.25) is 0 Å². The van der Waals surface area contributed by atoms with Gasteiger partial charge in [-0.3, -0.25) is 10.1 Å². The Kier molecular flexibility index (Phi) is 4.98. The fraction of sp³-hybridized carbons (Fsp3) is 0.588. The molecule has 1 aromatic rings. The predicted molar refractivity (Wildman–Crippen MR) is 84.5 cm³/mol. The summed E-state index contributed by atoms with van der Waals surface area (Å²) in [6, 6.07) is 8.15. The maximum Gasteiger partial charge on any atom is 0.242 e. The summed E-state index contributed by atoms with van der Waals surface area (Å²) in [5, 5.41) is 3.29. The number of rotatable bonds is 5. The number of hydrogen-bond donors (Lipinski definition) is 2. The number of carbonyl (C=O) groups excluding carboxylic acids is 1. The molecule has 20 heavy (non-hydrogen) atoms. The fourth-order valence-corrected chi connectivity index (χ4v) is 2.04. The van der Waals surface area contributed by atoms with Gasteiger partial charge in [0.15, 0.2) is 0 Å². The third-order valence-corrected chi connectivity index (χ3v) is 3.68. The molecule has 1 unspecified atom stereocenters. The second kappa shape index (κ2) is 5.96. The summed E-state index contributed by atoms with van der Waals surface area (Å²) >= 11 is 0. The molecular formula is C17H28N2O. The van der Waals surface area contributed by atoms with Crippen molar-refractivity contribution in [1.82, 2.24) is 5.32 Å². The van der Waals surface area contributed by atoms with E-state index in [-0.39, 0.29) is 11.3 Å². The van der Waals surface area contributed by atoms with E-state index in [1.165, 1.54) is 5.56 Å². The van der Waals surface area contributed by atoms with Crippen molar-refractivity contribution in [2.45, 2.75) is 52.5 Å². The second-order valence-corrected chi connectivity index (χ2v) is 7.09. The first kappa shape index (κ1) is 16.7. The molecule has 0 aliphatic heterocycles. The van der Waals surface area contributed by atoms with Gasteiger partial charge >= 0.3 is 0 Å². The minimum Gasteiger partial charge on any atom is -0.368 e. The molecule has 1 amide bonds. The van der Waals surface area contributed by atoms with Crippen LogP contribution in [-0.4, -0.2) is 12.5 Å². The van der Waals surface area contributed by atoms with Crippen molar-refractivity contribution >= 4 is 5.91 Å². The van der Waals surface area contributed by atoms with E-state index >= 15 is 0 Å². The first-order chi connectivity index (χ1) is 9.07. The van der Waals surface area contributed by atoms with Crippen LogP contribution < -0.4 is 11.1 Å². The minimum absolute atomic E-state index is 0.104. The van der Waals surface area contributed by atoms with E-state index in [9.17, 15) is 4.79 Å². The molecule has 0 radical (unpaired) electrons. The van der Waals surface area contributed by atoms with Crippen LogP contribution in [0.3, 0.4) is 0 Å². The molecule has 0 aliphatic rings. The largest absolute Gasteiger partial charge is 0.368 e. The highest BCUT2D eigenvalue weighted by Crippen LogP contribution is 2.26. The molecule has 3 nitrogen and oxygen atoms in total. The zero-order chi connectivity index (χ0) is 15.6. The highest BCUT2D eigenvalue weighted by atomic mass is 16.1. The van der Waals surface area contributed by atoms with E-state index < -0.39 is 5.54 Å². The van der Waals surface area contributed by atoms with Gasteiger partial charge in [-0.2, -0.15) is 0 Å². The van der Waals surface area contributed by atoms with Crippen molar-refractivity contribution in [3.8, 4) is 0 Å². The molecule has 1 atom stereocenters. The molecule has 0 bridgehead atoms. The van der Waals surface area contributed by atoms with Crippen LogP contribution in [0.1, 0.15) is 52.7 Å². The lowest BCUT2D eigenvalue weighted by atomic mass is 9.84. The summed E-state index contributed by atoms with van der Waals surface area (Å²) < 4.78 is 0. The van der Waals surface area contributed by atoms with Crippen LogP contribution in [0.5, 0.6) is 0 Å². The normalized spacial score (nSPS) is 15.2. The van der Waals surface area contributed by atoms with Gasteiger partial charge in [0.25, 0.3) is 0 Å². The molecule has 0 fully saturated rings. The van der Waals surface area contributed by atoms with Crippen LogP contribution in [-0.2, 0) is 15.7 Å². The second-order valence-electron chi connectivity index (χ2n) is 7.09. The van der Waals surface area contributed by atoms with Crippen molar-refractivity contribution in [3.63, 3.8) is 0 Å². The monoisotopic (exact) mass is 276 g/mol. The van der Waals surface area contributed by atoms with Crippen LogP contribution in [0.25, 0.3) is 0 Å². The third kappa shape index (κ3) is 3.83. The molecule has 112 valence electrons. The molecule has 0 heterocycles. The number of amides is 1. The Morgan fingerprint density at radius 1 is 1.10 bits per heavy atom. The number of hydrogen-bond acceptors (Lipinski definition) is 2. The molecule has 0 spiro atoms. The summed E-state index contributed by atoms with van der Waals surface area (Å²) in [6.45, 7) is 13.3. The maximum atomic E-state index is 11.9. The van der Waals surface area contributed by atoms with Crippen LogP contribution in [0.4, 0.5) is 0 Å². The Bertz CT molecular complexity index is 457. The number of nitrogens with two attached hydrogens (primary N) is 1. The highest BCUT2D eigenvalue weighted by molar-refractivity contribution is 5.85. The van der Waals surface area contributed by atoms with E-state index in [2.05, 4.69) is 52.1 Å². The van der Waals surface area contributed by atoms with Crippen molar-refractivity contribution in [2.75, 3.05) is 6.54 Å². The Hall–Kier alpha value is -1.35. The van der Waals surface area contributed by atoms with Crippen molar-refractivity contribution in [1.29, 1.82) is 0 Å². The van der Waals surface area contributed by atoms with E-state index in [0.717, 1.165) is 12.1 Å². The smallest absolute Gasteiger partial charge is 0.242 e. The van der Waals surface area contributed by atoms with Crippen molar-refractivity contribution in [2.24, 2.45) is 11.7 Å². The molecular weight excluding hydrogens is 248 g/mol. The number of nitrogens with one attached hydrogen (secondary N) is 1. The Balaban J connectivity index is 3.07. The summed E-state index contributed by atoms with van der Waals surface area (Å²) in [4.78, 5) is 11.9. The number of carbonyl (C=O) groups is 1. The van der Waals surface area contributed by atoms with Gasteiger partial charge in [0, 0.05) is 0 Å². The minimum atomic E-state index is -0.819. The van der Waals surface area contributed by atoms with Crippen LogP contribution in [0, 0.1) is 5.92 Å². The molecule has 3 heteroatoms. The molecule has 1 rings (SSSR count). The van der Waals surface area contributed by atoms with Crippen molar-refractivity contribution in [3.05, 3.63) is 35.4 Å². The van der Waals surface area contributed by atoms with Gasteiger partial charge in [-0.25, -0.2) is 0 Å². The summed E-state index contributed by atoms with van der Waals surface area (Å²) in [5.74, 6) is 0.115. The fourth-order valence-electron chi connectivity index (χ4n) is 2.04. The highest BCUT2D eigenvalue weighted by Gasteiger charge is 2.32. The Labute approximate surface area is 122 Å². The number of primary amides is 1. The molecule has 0 saturated carbocycles. The third-order valence-electron chi connectivity index (χ3n) is 3.68. The van der Waals surface area contributed by atoms with Gasteiger partial charge in [-0.05, 0) is 35.9 Å². The van der Waals surface area contributed by atoms with E-state index in [4.69, 9.17) is 5.73 Å². The topological polar surface area (TPSA) is 55.1 Å². The maximum absolute atomic E-state index is 11.9. The Morgan fingerprint density at radius 3 is 1.90 bits per heavy atom. The summed E-state index contributed by atoms with van der Waals surface area (Å²) in [5.41, 5.74) is 7.06. The molecule has 1 aromatic carbocycles. The SMILES string of the molecule is CC(C)CNC(C)(C(N)=O)c1ccc(C(C)(C)C)cc1. The van der Waals surface area contributed by atoms with Gasteiger partial charge in [-0.15, -0.1) is 0 Å².